The zero-order chi connectivity index (χ0) is 13.0. The van der Waals surface area contributed by atoms with E-state index in [9.17, 15) is 10.1 Å². The summed E-state index contributed by atoms with van der Waals surface area (Å²) in [7, 11) is 0. The van der Waals surface area contributed by atoms with Crippen LogP contribution in [-0.4, -0.2) is 11.9 Å². The molecule has 100 valence electrons. The molecule has 2 saturated carbocycles. The molecular weight excluding hydrogens is 224 g/mol. The van der Waals surface area contributed by atoms with Crippen LogP contribution in [0.15, 0.2) is 0 Å². The second-order valence-electron chi connectivity index (χ2n) is 6.03. The first-order valence-corrected chi connectivity index (χ1v) is 7.42. The average Bonchev–Trinajstić information content (AvgIpc) is 2.83. The van der Waals surface area contributed by atoms with Crippen molar-refractivity contribution in [3.63, 3.8) is 0 Å². The van der Waals surface area contributed by atoms with Crippen LogP contribution < -0.4 is 5.32 Å². The van der Waals surface area contributed by atoms with Gasteiger partial charge in [0.25, 0.3) is 0 Å². The van der Waals surface area contributed by atoms with Crippen molar-refractivity contribution in [1.29, 1.82) is 5.26 Å². The Morgan fingerprint density at radius 3 is 2.44 bits per heavy atom. The molecule has 3 unspecified atom stereocenters. The molecule has 0 saturated heterocycles. The maximum absolute atomic E-state index is 12.2. The quantitative estimate of drug-likeness (QED) is 0.834. The van der Waals surface area contributed by atoms with Crippen LogP contribution in [0.4, 0.5) is 0 Å². The van der Waals surface area contributed by atoms with E-state index in [0.29, 0.717) is 11.8 Å². The molecule has 0 spiro atoms. The summed E-state index contributed by atoms with van der Waals surface area (Å²) < 4.78 is 0. The minimum Gasteiger partial charge on any atom is -0.340 e. The highest BCUT2D eigenvalue weighted by Crippen LogP contribution is 2.32. The van der Waals surface area contributed by atoms with Gasteiger partial charge < -0.3 is 5.32 Å². The first-order chi connectivity index (χ1) is 8.72. The smallest absolute Gasteiger partial charge is 0.224 e. The monoisotopic (exact) mass is 248 g/mol. The fourth-order valence-corrected chi connectivity index (χ4v) is 3.52. The molecule has 0 radical (unpaired) electrons. The van der Waals surface area contributed by atoms with E-state index in [1.54, 1.807) is 0 Å². The molecular formula is C15H24N2O. The van der Waals surface area contributed by atoms with Crippen molar-refractivity contribution in [2.75, 3.05) is 0 Å². The van der Waals surface area contributed by atoms with Gasteiger partial charge in [0, 0.05) is 5.92 Å². The van der Waals surface area contributed by atoms with Crippen LogP contribution >= 0.6 is 0 Å². The molecule has 0 aliphatic heterocycles. The van der Waals surface area contributed by atoms with Gasteiger partial charge in [-0.05, 0) is 37.5 Å². The van der Waals surface area contributed by atoms with Crippen molar-refractivity contribution in [3.05, 3.63) is 0 Å². The maximum Gasteiger partial charge on any atom is 0.224 e. The molecule has 1 N–H and O–H groups in total. The number of rotatable bonds is 3. The molecule has 0 bridgehead atoms. The third-order valence-electron chi connectivity index (χ3n) is 4.76. The number of hydrogen-bond donors (Lipinski definition) is 1. The number of hydrogen-bond acceptors (Lipinski definition) is 2. The summed E-state index contributed by atoms with van der Waals surface area (Å²) in [6, 6.07) is 2.05. The standard InChI is InChI=1S/C15H24N2O/c1-11-6-5-9-13(11)15(18)17-14(10-16)12-7-3-2-4-8-12/h11-14H,2-9H2,1H3,(H,17,18). The molecule has 3 heteroatoms. The van der Waals surface area contributed by atoms with Crippen LogP contribution in [0.3, 0.4) is 0 Å². The summed E-state index contributed by atoms with van der Waals surface area (Å²) >= 11 is 0. The van der Waals surface area contributed by atoms with Crippen molar-refractivity contribution in [2.24, 2.45) is 17.8 Å². The Hall–Kier alpha value is -1.04. The van der Waals surface area contributed by atoms with E-state index in [4.69, 9.17) is 0 Å². The van der Waals surface area contributed by atoms with E-state index in [1.807, 2.05) is 0 Å². The fraction of sp³-hybridized carbons (Fsp3) is 0.867. The number of nitriles is 1. The van der Waals surface area contributed by atoms with Crippen LogP contribution in [-0.2, 0) is 4.79 Å². The summed E-state index contributed by atoms with van der Waals surface area (Å²) in [6.45, 7) is 2.15. The van der Waals surface area contributed by atoms with E-state index in [2.05, 4.69) is 18.3 Å². The Morgan fingerprint density at radius 2 is 1.89 bits per heavy atom. The molecule has 2 fully saturated rings. The van der Waals surface area contributed by atoms with Gasteiger partial charge in [-0.1, -0.05) is 32.6 Å². The van der Waals surface area contributed by atoms with Crippen molar-refractivity contribution in [2.45, 2.75) is 64.3 Å². The van der Waals surface area contributed by atoms with Crippen LogP contribution in [0.1, 0.15) is 58.3 Å². The van der Waals surface area contributed by atoms with E-state index in [-0.39, 0.29) is 17.9 Å². The Balaban J connectivity index is 1.89. The molecule has 0 aromatic heterocycles. The van der Waals surface area contributed by atoms with Crippen LogP contribution in [0.2, 0.25) is 0 Å². The van der Waals surface area contributed by atoms with E-state index < -0.39 is 0 Å². The summed E-state index contributed by atoms with van der Waals surface area (Å²) in [5.74, 6) is 1.13. The van der Waals surface area contributed by atoms with Gasteiger partial charge in [0.05, 0.1) is 6.07 Å². The van der Waals surface area contributed by atoms with Crippen molar-refractivity contribution in [1.82, 2.24) is 5.32 Å². The van der Waals surface area contributed by atoms with Crippen LogP contribution in [0.25, 0.3) is 0 Å². The third-order valence-corrected chi connectivity index (χ3v) is 4.76. The van der Waals surface area contributed by atoms with Crippen LogP contribution in [0, 0.1) is 29.1 Å². The molecule has 2 aliphatic rings. The Morgan fingerprint density at radius 1 is 1.17 bits per heavy atom. The lowest BCUT2D eigenvalue weighted by molar-refractivity contribution is -0.126. The SMILES string of the molecule is CC1CCCC1C(=O)NC(C#N)C1CCCCC1. The number of nitrogens with one attached hydrogen (secondary N) is 1. The summed E-state index contributed by atoms with van der Waals surface area (Å²) in [4.78, 5) is 12.2. The highest BCUT2D eigenvalue weighted by Gasteiger charge is 2.32. The number of amides is 1. The normalized spacial score (nSPS) is 30.7. The van der Waals surface area contributed by atoms with Gasteiger partial charge in [-0.25, -0.2) is 0 Å². The van der Waals surface area contributed by atoms with Gasteiger partial charge in [0.2, 0.25) is 5.91 Å². The minimum atomic E-state index is -0.259. The van der Waals surface area contributed by atoms with Crippen molar-refractivity contribution in [3.8, 4) is 6.07 Å². The molecule has 3 atom stereocenters. The van der Waals surface area contributed by atoms with Gasteiger partial charge in [-0.2, -0.15) is 5.26 Å². The first-order valence-electron chi connectivity index (χ1n) is 7.42. The molecule has 0 aromatic carbocycles. The lowest BCUT2D eigenvalue weighted by Gasteiger charge is -2.27. The Bertz CT molecular complexity index is 328. The van der Waals surface area contributed by atoms with Gasteiger partial charge >= 0.3 is 0 Å². The Labute approximate surface area is 110 Å². The largest absolute Gasteiger partial charge is 0.340 e. The number of carbonyl (C=O) groups excluding carboxylic acids is 1. The molecule has 2 rings (SSSR count). The molecule has 0 aromatic rings. The highest BCUT2D eigenvalue weighted by atomic mass is 16.2. The summed E-state index contributed by atoms with van der Waals surface area (Å²) in [5, 5.41) is 12.3. The first kappa shape index (κ1) is 13.4. The summed E-state index contributed by atoms with van der Waals surface area (Å²) in [5.41, 5.74) is 0. The zero-order valence-corrected chi connectivity index (χ0v) is 11.3. The van der Waals surface area contributed by atoms with Crippen molar-refractivity contribution < 1.29 is 4.79 Å². The molecule has 3 nitrogen and oxygen atoms in total. The van der Waals surface area contributed by atoms with Crippen molar-refractivity contribution >= 4 is 5.91 Å². The summed E-state index contributed by atoms with van der Waals surface area (Å²) in [6.07, 6.45) is 9.19. The van der Waals surface area contributed by atoms with Gasteiger partial charge in [-0.3, -0.25) is 4.79 Å². The minimum absolute atomic E-state index is 0.122. The lowest BCUT2D eigenvalue weighted by atomic mass is 9.84. The van der Waals surface area contributed by atoms with Crippen LogP contribution in [0.5, 0.6) is 0 Å². The molecule has 18 heavy (non-hydrogen) atoms. The van der Waals surface area contributed by atoms with Gasteiger partial charge in [-0.15, -0.1) is 0 Å². The molecule has 2 aliphatic carbocycles. The molecule has 0 heterocycles. The number of nitrogens with zero attached hydrogens (tertiary/aromatic N) is 1. The van der Waals surface area contributed by atoms with Gasteiger partial charge in [0.1, 0.15) is 6.04 Å². The van der Waals surface area contributed by atoms with E-state index >= 15 is 0 Å². The number of carbonyl (C=O) groups is 1. The zero-order valence-electron chi connectivity index (χ0n) is 11.3. The second-order valence-corrected chi connectivity index (χ2v) is 6.03. The average molecular weight is 248 g/mol. The molecule has 1 amide bonds. The Kier molecular flexibility index (Phi) is 4.63. The predicted molar refractivity (Wildman–Crippen MR) is 70.6 cm³/mol. The lowest BCUT2D eigenvalue weighted by Crippen LogP contribution is -2.43. The fourth-order valence-electron chi connectivity index (χ4n) is 3.52. The van der Waals surface area contributed by atoms with E-state index in [1.165, 1.54) is 19.3 Å². The maximum atomic E-state index is 12.2. The highest BCUT2D eigenvalue weighted by molar-refractivity contribution is 5.79. The van der Waals surface area contributed by atoms with Gasteiger partial charge in [0.15, 0.2) is 0 Å². The third kappa shape index (κ3) is 3.04. The topological polar surface area (TPSA) is 52.9 Å². The van der Waals surface area contributed by atoms with E-state index in [0.717, 1.165) is 32.1 Å². The predicted octanol–water partition coefficient (Wildman–Crippen LogP) is 3.01. The second kappa shape index (κ2) is 6.22.